The second-order valence-electron chi connectivity index (χ2n) is 8.74. The number of rotatable bonds is 5. The van der Waals surface area contributed by atoms with Crippen LogP contribution in [0.4, 0.5) is 29.0 Å². The third-order valence-electron chi connectivity index (χ3n) is 6.47. The van der Waals surface area contributed by atoms with E-state index in [4.69, 9.17) is 19.4 Å². The lowest BCUT2D eigenvalue weighted by Gasteiger charge is -2.38. The predicted molar refractivity (Wildman–Crippen MR) is 133 cm³/mol. The molecule has 2 aromatic rings. The van der Waals surface area contributed by atoms with Crippen LogP contribution in [0.5, 0.6) is 0 Å². The summed E-state index contributed by atoms with van der Waals surface area (Å²) in [5.74, 6) is 2.13. The molecule has 0 saturated carbocycles. The Labute approximate surface area is 200 Å². The van der Waals surface area contributed by atoms with E-state index in [-0.39, 0.29) is 5.91 Å². The quantitative estimate of drug-likeness (QED) is 0.702. The Kier molecular flexibility index (Phi) is 6.96. The van der Waals surface area contributed by atoms with Crippen LogP contribution in [0.25, 0.3) is 0 Å². The zero-order chi connectivity index (χ0) is 23.3. The van der Waals surface area contributed by atoms with Crippen molar-refractivity contribution >= 4 is 34.9 Å². The fourth-order valence-electron chi connectivity index (χ4n) is 4.67. The molecular formula is C24H33N7O3. The van der Waals surface area contributed by atoms with Crippen molar-refractivity contribution in [1.82, 2.24) is 9.97 Å². The van der Waals surface area contributed by atoms with E-state index in [0.717, 1.165) is 64.0 Å². The number of hydrogen-bond donors (Lipinski definition) is 1. The van der Waals surface area contributed by atoms with Crippen LogP contribution in [0.2, 0.25) is 0 Å². The summed E-state index contributed by atoms with van der Waals surface area (Å²) in [5, 5.41) is 3.04. The number of nitrogens with one attached hydrogen (secondary N) is 1. The molecule has 3 saturated heterocycles. The predicted octanol–water partition coefficient (Wildman–Crippen LogP) is 1.43. The number of carbonyl (C=O) groups is 1. The Morgan fingerprint density at radius 3 is 1.74 bits per heavy atom. The number of nitrogens with zero attached hydrogens (tertiary/aromatic N) is 6. The smallest absolute Gasteiger partial charge is 0.229 e. The van der Waals surface area contributed by atoms with E-state index in [1.165, 1.54) is 12.6 Å². The lowest BCUT2D eigenvalue weighted by Crippen LogP contribution is -2.47. The molecule has 5 rings (SSSR count). The fraction of sp³-hybridized carbons (Fsp3) is 0.542. The number of anilines is 5. The summed E-state index contributed by atoms with van der Waals surface area (Å²) >= 11 is 0. The number of carbonyl (C=O) groups excluding carboxylic acids is 1. The molecule has 10 heteroatoms. The summed E-state index contributed by atoms with van der Waals surface area (Å²) in [6, 6.07) is 10.5. The maximum atomic E-state index is 12.2. The molecule has 34 heavy (non-hydrogen) atoms. The average Bonchev–Trinajstić information content (AvgIpc) is 2.90. The van der Waals surface area contributed by atoms with Crippen LogP contribution in [0, 0.1) is 0 Å². The zero-order valence-electron chi connectivity index (χ0n) is 19.8. The number of morpholine rings is 2. The maximum Gasteiger partial charge on any atom is 0.229 e. The van der Waals surface area contributed by atoms with Crippen molar-refractivity contribution in [2.24, 2.45) is 0 Å². The van der Waals surface area contributed by atoms with Crippen molar-refractivity contribution in [2.75, 3.05) is 104 Å². The highest BCUT2D eigenvalue weighted by molar-refractivity contribution is 5.96. The number of amides is 1. The number of aromatic nitrogens is 2. The van der Waals surface area contributed by atoms with Crippen molar-refractivity contribution in [3.05, 3.63) is 30.3 Å². The number of benzene rings is 1. The van der Waals surface area contributed by atoms with Gasteiger partial charge in [0.05, 0.1) is 26.4 Å². The van der Waals surface area contributed by atoms with Gasteiger partial charge in [0.15, 0.2) is 11.6 Å². The number of piperazine rings is 1. The zero-order valence-corrected chi connectivity index (χ0v) is 19.8. The van der Waals surface area contributed by atoms with Gasteiger partial charge in [-0.2, -0.15) is 9.97 Å². The van der Waals surface area contributed by atoms with Gasteiger partial charge in [-0.05, 0) is 12.1 Å². The minimum atomic E-state index is -0.128. The van der Waals surface area contributed by atoms with Crippen LogP contribution in [0.15, 0.2) is 30.3 Å². The lowest BCUT2D eigenvalue weighted by molar-refractivity contribution is -0.114. The molecule has 0 bridgehead atoms. The van der Waals surface area contributed by atoms with Gasteiger partial charge in [0.1, 0.15) is 5.69 Å². The van der Waals surface area contributed by atoms with E-state index < -0.39 is 0 Å². The topological polar surface area (TPSA) is 86.3 Å². The first-order valence-corrected chi connectivity index (χ1v) is 12.1. The van der Waals surface area contributed by atoms with Crippen molar-refractivity contribution in [3.63, 3.8) is 0 Å². The fourth-order valence-corrected chi connectivity index (χ4v) is 4.67. The normalized spacial score (nSPS) is 19.3. The standard InChI is InChI=1S/C24H33N7O3/c1-19(32)25-21-22(29-11-15-33-16-12-29)26-24(27-23(21)30-13-17-34-18-14-30)31-9-7-28(8-10-31)20-5-3-2-4-6-20/h2-6H,7-18H2,1H3,(H,25,32). The molecule has 4 heterocycles. The molecule has 10 nitrogen and oxygen atoms in total. The first kappa shape index (κ1) is 22.7. The molecule has 1 aromatic carbocycles. The Bertz CT molecular complexity index is 931. The van der Waals surface area contributed by atoms with Crippen LogP contribution in [0.3, 0.4) is 0 Å². The van der Waals surface area contributed by atoms with Gasteiger partial charge < -0.3 is 34.4 Å². The van der Waals surface area contributed by atoms with Crippen LogP contribution in [-0.4, -0.2) is 94.7 Å². The summed E-state index contributed by atoms with van der Waals surface area (Å²) < 4.78 is 11.1. The van der Waals surface area contributed by atoms with Gasteiger partial charge in [0, 0.05) is 65.0 Å². The van der Waals surface area contributed by atoms with Crippen LogP contribution < -0.4 is 24.9 Å². The number of hydrogen-bond acceptors (Lipinski definition) is 9. The molecule has 3 aliphatic heterocycles. The molecule has 1 N–H and O–H groups in total. The summed E-state index contributed by atoms with van der Waals surface area (Å²) in [6.45, 7) is 10.5. The molecular weight excluding hydrogens is 434 g/mol. The average molecular weight is 468 g/mol. The summed E-state index contributed by atoms with van der Waals surface area (Å²) in [4.78, 5) is 31.3. The first-order chi connectivity index (χ1) is 16.7. The van der Waals surface area contributed by atoms with E-state index in [1.807, 2.05) is 6.07 Å². The number of para-hydroxylation sites is 1. The summed E-state index contributed by atoms with van der Waals surface area (Å²) in [5.41, 5.74) is 1.93. The van der Waals surface area contributed by atoms with Gasteiger partial charge in [-0.1, -0.05) is 18.2 Å². The third kappa shape index (κ3) is 5.02. The largest absolute Gasteiger partial charge is 0.378 e. The lowest BCUT2D eigenvalue weighted by atomic mass is 10.2. The third-order valence-corrected chi connectivity index (χ3v) is 6.47. The van der Waals surface area contributed by atoms with E-state index in [9.17, 15) is 4.79 Å². The second-order valence-corrected chi connectivity index (χ2v) is 8.74. The summed E-state index contributed by atoms with van der Waals surface area (Å²) in [6.07, 6.45) is 0. The van der Waals surface area contributed by atoms with Crippen LogP contribution in [-0.2, 0) is 14.3 Å². The first-order valence-electron chi connectivity index (χ1n) is 12.1. The van der Waals surface area contributed by atoms with E-state index in [2.05, 4.69) is 49.2 Å². The minimum absolute atomic E-state index is 0.128. The Morgan fingerprint density at radius 1 is 0.735 bits per heavy atom. The highest BCUT2D eigenvalue weighted by atomic mass is 16.5. The molecule has 0 radical (unpaired) electrons. The molecule has 1 amide bonds. The molecule has 0 aliphatic carbocycles. The van der Waals surface area contributed by atoms with Gasteiger partial charge in [-0.25, -0.2) is 0 Å². The van der Waals surface area contributed by atoms with E-state index >= 15 is 0 Å². The Hall–Kier alpha value is -3.11. The molecule has 0 spiro atoms. The van der Waals surface area contributed by atoms with E-state index in [0.29, 0.717) is 38.1 Å². The van der Waals surface area contributed by atoms with Crippen LogP contribution >= 0.6 is 0 Å². The highest BCUT2D eigenvalue weighted by Gasteiger charge is 2.28. The molecule has 1 aromatic heterocycles. The summed E-state index contributed by atoms with van der Waals surface area (Å²) in [7, 11) is 0. The molecule has 3 fully saturated rings. The van der Waals surface area contributed by atoms with Crippen molar-refractivity contribution in [3.8, 4) is 0 Å². The number of ether oxygens (including phenoxy) is 2. The molecule has 182 valence electrons. The van der Waals surface area contributed by atoms with Crippen LogP contribution in [0.1, 0.15) is 6.92 Å². The van der Waals surface area contributed by atoms with Crippen molar-refractivity contribution < 1.29 is 14.3 Å². The monoisotopic (exact) mass is 467 g/mol. The second kappa shape index (κ2) is 10.4. The van der Waals surface area contributed by atoms with Gasteiger partial charge in [-0.3, -0.25) is 4.79 Å². The van der Waals surface area contributed by atoms with Crippen molar-refractivity contribution in [2.45, 2.75) is 6.92 Å². The highest BCUT2D eigenvalue weighted by Crippen LogP contribution is 2.36. The SMILES string of the molecule is CC(=O)Nc1c(N2CCOCC2)nc(N2CCN(c3ccccc3)CC2)nc1N1CCOCC1. The Morgan fingerprint density at radius 2 is 1.24 bits per heavy atom. The Balaban J connectivity index is 1.47. The van der Waals surface area contributed by atoms with Gasteiger partial charge in [0.2, 0.25) is 11.9 Å². The van der Waals surface area contributed by atoms with Gasteiger partial charge >= 0.3 is 0 Å². The van der Waals surface area contributed by atoms with Crippen molar-refractivity contribution in [1.29, 1.82) is 0 Å². The van der Waals surface area contributed by atoms with Gasteiger partial charge in [-0.15, -0.1) is 0 Å². The van der Waals surface area contributed by atoms with Gasteiger partial charge in [0.25, 0.3) is 0 Å². The molecule has 0 atom stereocenters. The van der Waals surface area contributed by atoms with E-state index in [1.54, 1.807) is 0 Å². The molecule has 3 aliphatic rings. The molecule has 0 unspecified atom stereocenters. The minimum Gasteiger partial charge on any atom is -0.378 e. The maximum absolute atomic E-state index is 12.2.